The van der Waals surface area contributed by atoms with Gasteiger partial charge in [0.1, 0.15) is 0 Å². The number of unbranched alkanes of at least 4 members (excludes halogenated alkanes) is 1. The van der Waals surface area contributed by atoms with Crippen LogP contribution in [0.3, 0.4) is 0 Å². The van der Waals surface area contributed by atoms with Crippen LogP contribution in [0.15, 0.2) is 24.3 Å². The third-order valence-corrected chi connectivity index (χ3v) is 2.62. The van der Waals surface area contributed by atoms with Crippen molar-refractivity contribution in [2.75, 3.05) is 20.2 Å². The molecule has 0 aliphatic heterocycles. The van der Waals surface area contributed by atoms with Crippen molar-refractivity contribution in [2.45, 2.75) is 32.8 Å². The Balaban J connectivity index is 2.61. The van der Waals surface area contributed by atoms with E-state index in [1.807, 2.05) is 7.05 Å². The minimum absolute atomic E-state index is 0.177. The summed E-state index contributed by atoms with van der Waals surface area (Å²) in [7, 11) is 1.96. The van der Waals surface area contributed by atoms with Gasteiger partial charge in [0.25, 0.3) is 0 Å². The van der Waals surface area contributed by atoms with E-state index in [-0.39, 0.29) is 6.10 Å². The zero-order valence-corrected chi connectivity index (χ0v) is 10.6. The number of benzene rings is 1. The summed E-state index contributed by atoms with van der Waals surface area (Å²) in [6.07, 6.45) is 2.49. The number of aryl methyl sites for hydroxylation is 1. The molecule has 1 N–H and O–H groups in total. The fourth-order valence-electron chi connectivity index (χ4n) is 1.70. The predicted molar refractivity (Wildman–Crippen MR) is 68.7 cm³/mol. The summed E-state index contributed by atoms with van der Waals surface area (Å²) in [5.41, 5.74) is 2.56. The van der Waals surface area contributed by atoms with Crippen LogP contribution in [0.4, 0.5) is 0 Å². The Morgan fingerprint density at radius 2 is 2.19 bits per heavy atom. The van der Waals surface area contributed by atoms with Gasteiger partial charge in [0.15, 0.2) is 0 Å². The molecule has 2 heteroatoms. The van der Waals surface area contributed by atoms with Crippen LogP contribution in [-0.2, 0) is 4.74 Å². The van der Waals surface area contributed by atoms with Crippen LogP contribution in [0.25, 0.3) is 0 Å². The van der Waals surface area contributed by atoms with Crippen molar-refractivity contribution in [3.63, 3.8) is 0 Å². The zero-order valence-electron chi connectivity index (χ0n) is 10.6. The van der Waals surface area contributed by atoms with Gasteiger partial charge in [-0.2, -0.15) is 0 Å². The van der Waals surface area contributed by atoms with Gasteiger partial charge >= 0.3 is 0 Å². The van der Waals surface area contributed by atoms with Crippen molar-refractivity contribution in [2.24, 2.45) is 0 Å². The number of nitrogens with one attached hydrogen (secondary N) is 1. The second-order valence-corrected chi connectivity index (χ2v) is 4.18. The van der Waals surface area contributed by atoms with Gasteiger partial charge in [-0.25, -0.2) is 0 Å². The Morgan fingerprint density at radius 3 is 2.81 bits per heavy atom. The van der Waals surface area contributed by atoms with Gasteiger partial charge in [-0.15, -0.1) is 0 Å². The lowest BCUT2D eigenvalue weighted by molar-refractivity contribution is 0.0519. The first-order chi connectivity index (χ1) is 7.77. The molecule has 1 aromatic carbocycles. The Hall–Kier alpha value is -0.860. The molecule has 1 rings (SSSR count). The summed E-state index contributed by atoms with van der Waals surface area (Å²) in [6, 6.07) is 8.55. The van der Waals surface area contributed by atoms with E-state index in [9.17, 15) is 0 Å². The number of rotatable bonds is 7. The Labute approximate surface area is 99.0 Å². The summed E-state index contributed by atoms with van der Waals surface area (Å²) >= 11 is 0. The summed E-state index contributed by atoms with van der Waals surface area (Å²) in [6.45, 7) is 6.01. The molecule has 0 saturated carbocycles. The van der Waals surface area contributed by atoms with Crippen molar-refractivity contribution < 1.29 is 4.74 Å². The predicted octanol–water partition coefficient (Wildman–Crippen LogP) is 3.07. The molecule has 0 aliphatic carbocycles. The van der Waals surface area contributed by atoms with Crippen LogP contribution >= 0.6 is 0 Å². The average molecular weight is 221 g/mol. The van der Waals surface area contributed by atoms with Crippen molar-refractivity contribution in [1.82, 2.24) is 5.32 Å². The number of ether oxygens (including phenoxy) is 1. The van der Waals surface area contributed by atoms with Crippen molar-refractivity contribution in [3.8, 4) is 0 Å². The van der Waals surface area contributed by atoms with E-state index in [0.717, 1.165) is 19.6 Å². The average Bonchev–Trinajstić information content (AvgIpc) is 2.28. The fourth-order valence-corrected chi connectivity index (χ4v) is 1.70. The largest absolute Gasteiger partial charge is 0.372 e. The highest BCUT2D eigenvalue weighted by Crippen LogP contribution is 2.18. The fraction of sp³-hybridized carbons (Fsp3) is 0.571. The molecule has 0 saturated heterocycles. The normalized spacial score (nSPS) is 12.7. The molecule has 0 fully saturated rings. The van der Waals surface area contributed by atoms with Gasteiger partial charge in [0.2, 0.25) is 0 Å². The zero-order chi connectivity index (χ0) is 11.8. The summed E-state index contributed by atoms with van der Waals surface area (Å²) in [5, 5.41) is 3.19. The van der Waals surface area contributed by atoms with Crippen LogP contribution in [0, 0.1) is 6.92 Å². The first-order valence-electron chi connectivity index (χ1n) is 6.10. The Bertz CT molecular complexity index is 299. The summed E-state index contributed by atoms with van der Waals surface area (Å²) < 4.78 is 5.90. The lowest BCUT2D eigenvalue weighted by atomic mass is 10.1. The molecule has 0 radical (unpaired) electrons. The van der Waals surface area contributed by atoms with Gasteiger partial charge in [0.05, 0.1) is 6.10 Å². The quantitative estimate of drug-likeness (QED) is 0.714. The molecule has 0 aliphatic rings. The van der Waals surface area contributed by atoms with Crippen LogP contribution in [0.5, 0.6) is 0 Å². The van der Waals surface area contributed by atoms with Gasteiger partial charge in [-0.1, -0.05) is 43.2 Å². The summed E-state index contributed by atoms with van der Waals surface area (Å²) in [4.78, 5) is 0. The first kappa shape index (κ1) is 13.2. The molecule has 0 heterocycles. The SMILES string of the molecule is CCCCOC(CNC)c1cccc(C)c1. The monoisotopic (exact) mass is 221 g/mol. The second-order valence-electron chi connectivity index (χ2n) is 4.18. The number of likely N-dealkylation sites (N-methyl/N-ethyl adjacent to an activating group) is 1. The number of hydrogen-bond donors (Lipinski definition) is 1. The van der Waals surface area contributed by atoms with Gasteiger partial charge in [-0.3, -0.25) is 0 Å². The molecular weight excluding hydrogens is 198 g/mol. The van der Waals surface area contributed by atoms with Gasteiger partial charge in [-0.05, 0) is 26.0 Å². The molecular formula is C14H23NO. The van der Waals surface area contributed by atoms with Crippen molar-refractivity contribution >= 4 is 0 Å². The van der Waals surface area contributed by atoms with E-state index in [1.165, 1.54) is 17.5 Å². The van der Waals surface area contributed by atoms with E-state index in [2.05, 4.69) is 43.4 Å². The molecule has 0 spiro atoms. The maximum absolute atomic E-state index is 5.90. The molecule has 1 atom stereocenters. The molecule has 2 nitrogen and oxygen atoms in total. The van der Waals surface area contributed by atoms with Crippen LogP contribution < -0.4 is 5.32 Å². The topological polar surface area (TPSA) is 21.3 Å². The molecule has 16 heavy (non-hydrogen) atoms. The minimum Gasteiger partial charge on any atom is -0.372 e. The van der Waals surface area contributed by atoms with Crippen molar-refractivity contribution in [3.05, 3.63) is 35.4 Å². The Morgan fingerprint density at radius 1 is 1.38 bits per heavy atom. The molecule has 1 aromatic rings. The van der Waals surface area contributed by atoms with Gasteiger partial charge < -0.3 is 10.1 Å². The lowest BCUT2D eigenvalue weighted by Crippen LogP contribution is -2.20. The Kier molecular flexibility index (Phi) is 6.12. The highest BCUT2D eigenvalue weighted by atomic mass is 16.5. The molecule has 0 aromatic heterocycles. The third-order valence-electron chi connectivity index (χ3n) is 2.62. The van der Waals surface area contributed by atoms with Crippen LogP contribution in [-0.4, -0.2) is 20.2 Å². The molecule has 90 valence electrons. The van der Waals surface area contributed by atoms with E-state index in [1.54, 1.807) is 0 Å². The van der Waals surface area contributed by atoms with Crippen molar-refractivity contribution in [1.29, 1.82) is 0 Å². The van der Waals surface area contributed by atoms with E-state index >= 15 is 0 Å². The summed E-state index contributed by atoms with van der Waals surface area (Å²) in [5.74, 6) is 0. The maximum atomic E-state index is 5.90. The van der Waals surface area contributed by atoms with E-state index in [4.69, 9.17) is 4.74 Å². The lowest BCUT2D eigenvalue weighted by Gasteiger charge is -2.18. The standard InChI is InChI=1S/C14H23NO/c1-4-5-9-16-14(11-15-3)13-8-6-7-12(2)10-13/h6-8,10,14-15H,4-5,9,11H2,1-3H3. The number of hydrogen-bond acceptors (Lipinski definition) is 2. The smallest absolute Gasteiger partial charge is 0.0949 e. The molecule has 0 bridgehead atoms. The first-order valence-corrected chi connectivity index (χ1v) is 6.10. The van der Waals surface area contributed by atoms with Crippen LogP contribution in [0.1, 0.15) is 37.0 Å². The highest BCUT2D eigenvalue weighted by molar-refractivity contribution is 5.24. The maximum Gasteiger partial charge on any atom is 0.0949 e. The van der Waals surface area contributed by atoms with E-state index < -0.39 is 0 Å². The second kappa shape index (κ2) is 7.42. The highest BCUT2D eigenvalue weighted by Gasteiger charge is 2.10. The van der Waals surface area contributed by atoms with E-state index in [0.29, 0.717) is 0 Å². The van der Waals surface area contributed by atoms with Crippen LogP contribution in [0.2, 0.25) is 0 Å². The van der Waals surface area contributed by atoms with Gasteiger partial charge in [0, 0.05) is 13.2 Å². The minimum atomic E-state index is 0.177. The molecule has 0 amide bonds. The molecule has 1 unspecified atom stereocenters. The third kappa shape index (κ3) is 4.33.